The highest BCUT2D eigenvalue weighted by Gasteiger charge is 2.61. The minimum Gasteiger partial charge on any atom is -0.299 e. The summed E-state index contributed by atoms with van der Waals surface area (Å²) in [6, 6.07) is 0. The SMILES string of the molecule is CCCC(C)CCC[C@@H](C)[C@H]1CC[C@H]2[C@@H]3CC(=O)C4CCCC[C@]4(C)[C@H]3CC[C@]12C. The summed E-state index contributed by atoms with van der Waals surface area (Å²) >= 11 is 0. The van der Waals surface area contributed by atoms with E-state index in [1.165, 1.54) is 83.5 Å². The first kappa shape index (κ1) is 22.8. The van der Waals surface area contributed by atoms with Crippen LogP contribution in [0.1, 0.15) is 125 Å². The zero-order valence-electron chi connectivity index (χ0n) is 20.8. The van der Waals surface area contributed by atoms with Crippen LogP contribution in [-0.4, -0.2) is 5.78 Å². The van der Waals surface area contributed by atoms with Crippen molar-refractivity contribution >= 4 is 5.78 Å². The molecule has 30 heavy (non-hydrogen) atoms. The molecular weight excluding hydrogens is 364 g/mol. The molecule has 9 atom stereocenters. The van der Waals surface area contributed by atoms with Crippen LogP contribution < -0.4 is 0 Å². The fourth-order valence-electron chi connectivity index (χ4n) is 9.70. The van der Waals surface area contributed by atoms with Crippen molar-refractivity contribution in [2.45, 2.75) is 125 Å². The molecule has 1 nitrogen and oxygen atoms in total. The van der Waals surface area contributed by atoms with E-state index in [2.05, 4.69) is 34.6 Å². The maximum atomic E-state index is 13.3. The molecule has 0 aliphatic heterocycles. The number of carbonyl (C=O) groups is 1. The monoisotopic (exact) mass is 414 g/mol. The summed E-state index contributed by atoms with van der Waals surface area (Å²) in [6.45, 7) is 12.5. The normalized spacial score (nSPS) is 45.4. The first-order valence-corrected chi connectivity index (χ1v) is 13.8. The molecule has 4 fully saturated rings. The molecule has 4 rings (SSSR count). The van der Waals surface area contributed by atoms with Crippen LogP contribution in [0.5, 0.6) is 0 Å². The second-order valence-corrected chi connectivity index (χ2v) is 12.9. The number of carbonyl (C=O) groups excluding carboxylic acids is 1. The van der Waals surface area contributed by atoms with Gasteiger partial charge in [0, 0.05) is 12.3 Å². The number of fused-ring (bicyclic) bond motifs is 5. The van der Waals surface area contributed by atoms with Gasteiger partial charge < -0.3 is 0 Å². The van der Waals surface area contributed by atoms with E-state index in [1.54, 1.807) is 0 Å². The van der Waals surface area contributed by atoms with Gasteiger partial charge in [-0.3, -0.25) is 4.79 Å². The van der Waals surface area contributed by atoms with Crippen LogP contribution in [-0.2, 0) is 4.79 Å². The minimum absolute atomic E-state index is 0.332. The van der Waals surface area contributed by atoms with Crippen LogP contribution in [0.15, 0.2) is 0 Å². The maximum absolute atomic E-state index is 13.3. The van der Waals surface area contributed by atoms with E-state index in [9.17, 15) is 4.79 Å². The smallest absolute Gasteiger partial charge is 0.136 e. The van der Waals surface area contributed by atoms with Gasteiger partial charge >= 0.3 is 0 Å². The molecule has 0 N–H and O–H groups in total. The summed E-state index contributed by atoms with van der Waals surface area (Å²) in [5.41, 5.74) is 0.840. The molecule has 0 aromatic heterocycles. The quantitative estimate of drug-likeness (QED) is 0.408. The molecule has 0 saturated heterocycles. The average molecular weight is 415 g/mol. The Labute approximate surface area is 187 Å². The van der Waals surface area contributed by atoms with Gasteiger partial charge in [-0.05, 0) is 84.9 Å². The highest BCUT2D eigenvalue weighted by Crippen LogP contribution is 2.67. The Balaban J connectivity index is 1.44. The summed E-state index contributed by atoms with van der Waals surface area (Å²) in [7, 11) is 0. The van der Waals surface area contributed by atoms with Crippen molar-refractivity contribution in [2.75, 3.05) is 0 Å². The van der Waals surface area contributed by atoms with Gasteiger partial charge in [-0.1, -0.05) is 79.6 Å². The van der Waals surface area contributed by atoms with Crippen molar-refractivity contribution in [3.05, 3.63) is 0 Å². The third-order valence-electron chi connectivity index (χ3n) is 11.3. The lowest BCUT2D eigenvalue weighted by atomic mass is 9.44. The van der Waals surface area contributed by atoms with Gasteiger partial charge in [-0.15, -0.1) is 0 Å². The second-order valence-electron chi connectivity index (χ2n) is 12.9. The van der Waals surface area contributed by atoms with E-state index in [0.717, 1.165) is 36.0 Å². The average Bonchev–Trinajstić information content (AvgIpc) is 3.05. The molecule has 0 aromatic carbocycles. The van der Waals surface area contributed by atoms with Crippen LogP contribution in [0.25, 0.3) is 0 Å². The lowest BCUT2D eigenvalue weighted by Gasteiger charge is -2.60. The van der Waals surface area contributed by atoms with Gasteiger partial charge in [0.25, 0.3) is 0 Å². The molecule has 0 radical (unpaired) electrons. The minimum atomic E-state index is 0.332. The van der Waals surface area contributed by atoms with E-state index >= 15 is 0 Å². The molecule has 4 aliphatic carbocycles. The number of Topliss-reactive ketones (excluding diaryl/α,β-unsaturated/α-hetero) is 1. The van der Waals surface area contributed by atoms with E-state index in [1.807, 2.05) is 0 Å². The van der Waals surface area contributed by atoms with E-state index in [-0.39, 0.29) is 0 Å². The number of rotatable bonds is 7. The molecule has 4 aliphatic rings. The first-order chi connectivity index (χ1) is 14.3. The second kappa shape index (κ2) is 8.90. The topological polar surface area (TPSA) is 17.1 Å². The number of ketones is 1. The molecule has 0 spiro atoms. The Kier molecular flexibility index (Phi) is 6.78. The van der Waals surface area contributed by atoms with Gasteiger partial charge in [0.2, 0.25) is 0 Å². The lowest BCUT2D eigenvalue weighted by Crippen LogP contribution is -2.56. The Morgan fingerprint density at radius 1 is 0.900 bits per heavy atom. The summed E-state index contributed by atoms with van der Waals surface area (Å²) in [5, 5.41) is 0. The van der Waals surface area contributed by atoms with Gasteiger partial charge in [-0.2, -0.15) is 0 Å². The van der Waals surface area contributed by atoms with E-state index < -0.39 is 0 Å². The summed E-state index contributed by atoms with van der Waals surface area (Å²) < 4.78 is 0. The molecule has 4 saturated carbocycles. The van der Waals surface area contributed by atoms with Gasteiger partial charge in [0.05, 0.1) is 0 Å². The third-order valence-corrected chi connectivity index (χ3v) is 11.3. The van der Waals surface area contributed by atoms with Crippen LogP contribution in [0, 0.1) is 52.3 Å². The maximum Gasteiger partial charge on any atom is 0.136 e. The van der Waals surface area contributed by atoms with Crippen molar-refractivity contribution < 1.29 is 4.79 Å². The van der Waals surface area contributed by atoms with Crippen molar-refractivity contribution in [3.8, 4) is 0 Å². The number of hydrogen-bond donors (Lipinski definition) is 0. The largest absolute Gasteiger partial charge is 0.299 e. The van der Waals surface area contributed by atoms with E-state index in [4.69, 9.17) is 0 Å². The molecule has 0 amide bonds. The molecule has 0 heterocycles. The predicted molar refractivity (Wildman–Crippen MR) is 127 cm³/mol. The van der Waals surface area contributed by atoms with Crippen molar-refractivity contribution in [2.24, 2.45) is 52.3 Å². The molecule has 0 aromatic rings. The zero-order valence-corrected chi connectivity index (χ0v) is 20.8. The highest BCUT2D eigenvalue weighted by molar-refractivity contribution is 5.83. The van der Waals surface area contributed by atoms with Crippen LogP contribution >= 0.6 is 0 Å². The fourth-order valence-corrected chi connectivity index (χ4v) is 9.70. The van der Waals surface area contributed by atoms with E-state index in [0.29, 0.717) is 28.4 Å². The van der Waals surface area contributed by atoms with Crippen molar-refractivity contribution in [1.82, 2.24) is 0 Å². The Morgan fingerprint density at radius 2 is 1.67 bits per heavy atom. The number of hydrogen-bond acceptors (Lipinski definition) is 1. The van der Waals surface area contributed by atoms with Crippen LogP contribution in [0.3, 0.4) is 0 Å². The van der Waals surface area contributed by atoms with Gasteiger partial charge in [-0.25, -0.2) is 0 Å². The van der Waals surface area contributed by atoms with Crippen LogP contribution in [0.2, 0.25) is 0 Å². The summed E-state index contributed by atoms with van der Waals surface area (Å²) in [6.07, 6.45) is 18.8. The highest BCUT2D eigenvalue weighted by atomic mass is 16.1. The third kappa shape index (κ3) is 3.83. The first-order valence-electron chi connectivity index (χ1n) is 13.8. The summed E-state index contributed by atoms with van der Waals surface area (Å²) in [4.78, 5) is 13.3. The zero-order chi connectivity index (χ0) is 21.5. The Hall–Kier alpha value is -0.330. The summed E-state index contributed by atoms with van der Waals surface area (Å²) in [5.74, 6) is 6.09. The Bertz CT molecular complexity index is 609. The van der Waals surface area contributed by atoms with Crippen molar-refractivity contribution in [3.63, 3.8) is 0 Å². The molecule has 2 unspecified atom stereocenters. The lowest BCUT2D eigenvalue weighted by molar-refractivity contribution is -0.154. The molecule has 172 valence electrons. The standard InChI is InChI=1S/C29H50O/c1-6-10-20(2)11-9-12-21(3)23-14-15-24-22-19-27(30)26-13-7-8-17-28(26,4)25(22)16-18-29(23,24)5/h20-26H,6-19H2,1-5H3/t20?,21-,22+,23-,24+,25+,26?,28-,29-/m1/s1. The molecule has 0 bridgehead atoms. The van der Waals surface area contributed by atoms with Gasteiger partial charge in [0.15, 0.2) is 0 Å². The molecular formula is C29H50O. The van der Waals surface area contributed by atoms with Gasteiger partial charge in [0.1, 0.15) is 5.78 Å². The molecule has 1 heteroatoms. The van der Waals surface area contributed by atoms with Crippen LogP contribution in [0.4, 0.5) is 0 Å². The predicted octanol–water partition coefficient (Wildman–Crippen LogP) is 8.46. The van der Waals surface area contributed by atoms with Crippen molar-refractivity contribution in [1.29, 1.82) is 0 Å². The fraction of sp³-hybridized carbons (Fsp3) is 0.966. The Morgan fingerprint density at radius 3 is 2.43 bits per heavy atom.